The van der Waals surface area contributed by atoms with Crippen molar-refractivity contribution in [1.29, 1.82) is 0 Å². The van der Waals surface area contributed by atoms with Gasteiger partial charge in [0.1, 0.15) is 6.10 Å². The quantitative estimate of drug-likeness (QED) is 0.326. The van der Waals surface area contributed by atoms with Gasteiger partial charge < -0.3 is 15.4 Å². The molecule has 0 aliphatic rings. The number of aliphatic carboxylic acids is 1. The first-order valence-corrected chi connectivity index (χ1v) is 2.12. The van der Waals surface area contributed by atoms with Crippen molar-refractivity contribution >= 4 is 5.97 Å². The first-order valence-electron chi connectivity index (χ1n) is 2.12. The molecule has 1 unspecified atom stereocenters. The van der Waals surface area contributed by atoms with Gasteiger partial charge in [0, 0.05) is 39.0 Å². The van der Waals surface area contributed by atoms with E-state index < -0.39 is 17.2 Å². The zero-order valence-corrected chi connectivity index (χ0v) is 12.4. The maximum absolute atomic E-state index is 9.45. The molecule has 9 heteroatoms. The van der Waals surface area contributed by atoms with E-state index in [1.165, 1.54) is 6.92 Å². The summed E-state index contributed by atoms with van der Waals surface area (Å²) in [6.07, 6.45) is -1.23. The molecule has 3 N–H and O–H groups in total. The predicted octanol–water partition coefficient (Wildman–Crippen LogP) is -0.901. The fourth-order valence-corrected chi connectivity index (χ4v) is 0. The number of hydrogen-bond donors (Lipinski definition) is 3. The van der Waals surface area contributed by atoms with E-state index in [0.717, 1.165) is 0 Å². The molecule has 1 atom stereocenters. The van der Waals surface area contributed by atoms with Crippen molar-refractivity contribution in [2.75, 3.05) is 0 Å². The van der Waals surface area contributed by atoms with Gasteiger partial charge in [0.05, 0.1) is 0 Å². The Labute approximate surface area is 93.4 Å². The van der Waals surface area contributed by atoms with E-state index in [1.807, 2.05) is 0 Å². The van der Waals surface area contributed by atoms with Crippen molar-refractivity contribution in [3.05, 3.63) is 10.1 Å². The van der Waals surface area contributed by atoms with E-state index in [1.54, 1.807) is 0 Å². The minimum Gasteiger partial charge on any atom is -0.479 e. The molecule has 0 amide bonds. The Bertz CT molecular complexity index is 124. The van der Waals surface area contributed by atoms with Gasteiger partial charge >= 0.3 is 5.97 Å². The normalized spacial score (nSPS) is 8.83. The summed E-state index contributed by atoms with van der Waals surface area (Å²) in [5.41, 5.74) is 0. The van der Waals surface area contributed by atoms with Crippen LogP contribution in [-0.4, -0.2) is 32.6 Å². The first kappa shape index (κ1) is 22.6. The maximum atomic E-state index is 9.45. The van der Waals surface area contributed by atoms with Crippen LogP contribution in [0.3, 0.4) is 0 Å². The molecule has 0 aliphatic heterocycles. The second-order valence-electron chi connectivity index (χ2n) is 1.25. The number of hydrogen-bond acceptors (Lipinski definition) is 4. The van der Waals surface area contributed by atoms with Crippen LogP contribution < -0.4 is 0 Å². The summed E-state index contributed by atoms with van der Waals surface area (Å²) in [6, 6.07) is 0. The molecule has 0 aromatic rings. The van der Waals surface area contributed by atoms with Crippen LogP contribution in [0.15, 0.2) is 0 Å². The van der Waals surface area contributed by atoms with Gasteiger partial charge in [0.25, 0.3) is 5.09 Å². The van der Waals surface area contributed by atoms with Gasteiger partial charge in [-0.1, -0.05) is 0 Å². The van der Waals surface area contributed by atoms with Gasteiger partial charge in [-0.3, -0.25) is 0 Å². The Kier molecular flexibility index (Phi) is 25.4. The molecule has 0 fully saturated rings. The van der Waals surface area contributed by atoms with Crippen LogP contribution in [0.5, 0.6) is 0 Å². The number of aliphatic hydroxyl groups is 1. The van der Waals surface area contributed by atoms with E-state index in [0.29, 0.717) is 0 Å². The third kappa shape index (κ3) is 51.8. The SMILES string of the molecule is CC(O)C(=O)O.O=[N+]([O-])O.[Zn].[Zn]. The molecule has 64 valence electrons. The van der Waals surface area contributed by atoms with Crippen LogP contribution in [0.25, 0.3) is 0 Å². The van der Waals surface area contributed by atoms with Crippen LogP contribution in [0.1, 0.15) is 6.92 Å². The summed E-state index contributed by atoms with van der Waals surface area (Å²) in [5.74, 6) is -1.19. The number of carboxylic acids is 1. The smallest absolute Gasteiger partial charge is 0.332 e. The largest absolute Gasteiger partial charge is 0.479 e. The van der Waals surface area contributed by atoms with E-state index in [4.69, 9.17) is 25.5 Å². The second-order valence-corrected chi connectivity index (χ2v) is 1.25. The molecule has 0 saturated carbocycles. The minimum atomic E-state index is -1.50. The zero-order chi connectivity index (χ0) is 8.73. The molecule has 0 heterocycles. The minimum absolute atomic E-state index is 0. The Morgan fingerprint density at radius 1 is 1.50 bits per heavy atom. The molecule has 12 heavy (non-hydrogen) atoms. The van der Waals surface area contributed by atoms with Crippen molar-refractivity contribution in [2.45, 2.75) is 13.0 Å². The fourth-order valence-electron chi connectivity index (χ4n) is 0. The van der Waals surface area contributed by atoms with Crippen molar-refractivity contribution in [1.82, 2.24) is 0 Å². The molecule has 0 bridgehead atoms. The van der Waals surface area contributed by atoms with E-state index in [2.05, 4.69) is 0 Å². The maximum Gasteiger partial charge on any atom is 0.332 e. The van der Waals surface area contributed by atoms with E-state index in [-0.39, 0.29) is 39.0 Å². The third-order valence-electron chi connectivity index (χ3n) is 0.357. The Hall–Kier alpha value is -0.123. The summed E-state index contributed by atoms with van der Waals surface area (Å²) >= 11 is 0. The molecule has 0 saturated heterocycles. The van der Waals surface area contributed by atoms with Gasteiger partial charge in [-0.15, -0.1) is 10.1 Å². The van der Waals surface area contributed by atoms with Gasteiger partial charge in [0.15, 0.2) is 0 Å². The van der Waals surface area contributed by atoms with Crippen LogP contribution in [0, 0.1) is 10.1 Å². The number of carbonyl (C=O) groups is 1. The van der Waals surface area contributed by atoms with Crippen LogP contribution in [0.4, 0.5) is 0 Å². The van der Waals surface area contributed by atoms with Crippen molar-refractivity contribution in [3.8, 4) is 0 Å². The fraction of sp³-hybridized carbons (Fsp3) is 0.667. The second kappa shape index (κ2) is 13.5. The zero-order valence-electron chi connectivity index (χ0n) is 6.51. The molecular weight excluding hydrogens is 277 g/mol. The van der Waals surface area contributed by atoms with Crippen LogP contribution in [0.2, 0.25) is 0 Å². The molecule has 7 nitrogen and oxygen atoms in total. The number of rotatable bonds is 1. The molecule has 0 radical (unpaired) electrons. The molecular formula is C3H7NO6Zn2. The summed E-state index contributed by atoms with van der Waals surface area (Å²) in [5, 5.41) is 29.4. The summed E-state index contributed by atoms with van der Waals surface area (Å²) in [6.45, 7) is 1.20. The molecule has 0 spiro atoms. The third-order valence-corrected chi connectivity index (χ3v) is 0.357. The molecule has 0 aromatic heterocycles. The van der Waals surface area contributed by atoms with E-state index >= 15 is 0 Å². The molecule has 0 rings (SSSR count). The Balaban J connectivity index is -0.0000000483. The summed E-state index contributed by atoms with van der Waals surface area (Å²) in [4.78, 5) is 17.8. The summed E-state index contributed by atoms with van der Waals surface area (Å²) < 4.78 is 0. The topological polar surface area (TPSA) is 121 Å². The standard InChI is InChI=1S/C3H6O3.HNO3.2Zn/c1-2(4)3(5)6;2-1(3)4;;/h2,4H,1H3,(H,5,6);(H,2,3,4);;. The number of carboxylic acid groups (broad SMARTS) is 1. The van der Waals surface area contributed by atoms with Crippen LogP contribution in [-0.2, 0) is 43.8 Å². The van der Waals surface area contributed by atoms with Gasteiger partial charge in [0.2, 0.25) is 0 Å². The number of nitrogens with zero attached hydrogens (tertiary/aromatic N) is 1. The van der Waals surface area contributed by atoms with Gasteiger partial charge in [-0.2, -0.15) is 0 Å². The van der Waals surface area contributed by atoms with Crippen molar-refractivity contribution in [2.24, 2.45) is 0 Å². The van der Waals surface area contributed by atoms with E-state index in [9.17, 15) is 4.79 Å². The van der Waals surface area contributed by atoms with Gasteiger partial charge in [-0.25, -0.2) is 4.79 Å². The number of aliphatic hydroxyl groups excluding tert-OH is 1. The predicted molar refractivity (Wildman–Crippen MR) is 28.1 cm³/mol. The molecule has 0 aliphatic carbocycles. The Morgan fingerprint density at radius 3 is 1.58 bits per heavy atom. The average Bonchev–Trinajstić information content (AvgIpc) is 1.63. The monoisotopic (exact) mass is 281 g/mol. The Morgan fingerprint density at radius 2 is 1.58 bits per heavy atom. The molecule has 0 aromatic carbocycles. The average molecular weight is 284 g/mol. The van der Waals surface area contributed by atoms with Gasteiger partial charge in [-0.05, 0) is 6.92 Å². The van der Waals surface area contributed by atoms with Crippen molar-refractivity contribution in [3.63, 3.8) is 0 Å². The first-order chi connectivity index (χ1) is 4.37. The van der Waals surface area contributed by atoms with Crippen molar-refractivity contribution < 1.29 is 64.3 Å². The van der Waals surface area contributed by atoms with Crippen LogP contribution >= 0.6 is 0 Å². The summed E-state index contributed by atoms with van der Waals surface area (Å²) in [7, 11) is 0.